The standard InChI is InChI=1S/C30H27NO6/c1-20-4-10-26(11-5-20)36-29(32)23-7-6-22-18-27(12-8-21(22)16-23)37-30(33)24-9-13-28(25(17-24)19-31)35-15-3-14-34-2/h4-13,16-19,31H,3,14-15H2,1-2H3. The smallest absolute Gasteiger partial charge is 0.343 e. The molecule has 0 spiro atoms. The van der Waals surface area contributed by atoms with Crippen LogP contribution in [0.25, 0.3) is 10.8 Å². The monoisotopic (exact) mass is 497 g/mol. The van der Waals surface area contributed by atoms with Crippen LogP contribution in [-0.2, 0) is 4.74 Å². The molecule has 37 heavy (non-hydrogen) atoms. The fourth-order valence-corrected chi connectivity index (χ4v) is 3.66. The molecule has 0 saturated carbocycles. The Bertz CT molecular complexity index is 1430. The van der Waals surface area contributed by atoms with Gasteiger partial charge < -0.3 is 24.4 Å². The van der Waals surface area contributed by atoms with E-state index in [0.717, 1.165) is 29.0 Å². The number of rotatable bonds is 10. The molecule has 0 aliphatic carbocycles. The number of carbonyl (C=O) groups is 2. The molecule has 4 rings (SSSR count). The van der Waals surface area contributed by atoms with Gasteiger partial charge in [-0.1, -0.05) is 29.8 Å². The van der Waals surface area contributed by atoms with Gasteiger partial charge in [0.1, 0.15) is 17.2 Å². The molecule has 0 unspecified atom stereocenters. The van der Waals surface area contributed by atoms with Crippen LogP contribution in [0.1, 0.15) is 38.3 Å². The first-order chi connectivity index (χ1) is 18.0. The maximum absolute atomic E-state index is 12.8. The predicted octanol–water partition coefficient (Wildman–Crippen LogP) is 6.00. The fraction of sp³-hybridized carbons (Fsp3) is 0.167. The second-order valence-electron chi connectivity index (χ2n) is 8.41. The molecule has 0 radical (unpaired) electrons. The number of hydrogen-bond donors (Lipinski definition) is 1. The number of nitrogens with one attached hydrogen (secondary N) is 1. The van der Waals surface area contributed by atoms with Gasteiger partial charge in [-0.15, -0.1) is 0 Å². The highest BCUT2D eigenvalue weighted by Gasteiger charge is 2.14. The van der Waals surface area contributed by atoms with E-state index in [4.69, 9.17) is 24.4 Å². The Hall–Kier alpha value is -4.49. The molecule has 7 heteroatoms. The summed E-state index contributed by atoms with van der Waals surface area (Å²) >= 11 is 0. The molecular weight excluding hydrogens is 470 g/mol. The van der Waals surface area contributed by atoms with E-state index >= 15 is 0 Å². The zero-order valence-corrected chi connectivity index (χ0v) is 20.7. The van der Waals surface area contributed by atoms with E-state index in [9.17, 15) is 9.59 Å². The van der Waals surface area contributed by atoms with Crippen LogP contribution in [0, 0.1) is 12.3 Å². The summed E-state index contributed by atoms with van der Waals surface area (Å²) < 4.78 is 21.7. The van der Waals surface area contributed by atoms with Crippen LogP contribution in [0.15, 0.2) is 78.9 Å². The van der Waals surface area contributed by atoms with Crippen LogP contribution in [-0.4, -0.2) is 38.5 Å². The van der Waals surface area contributed by atoms with Crippen LogP contribution in [0.3, 0.4) is 0 Å². The number of carbonyl (C=O) groups excluding carboxylic acids is 2. The van der Waals surface area contributed by atoms with Crippen molar-refractivity contribution in [2.24, 2.45) is 0 Å². The van der Waals surface area contributed by atoms with Gasteiger partial charge in [0.25, 0.3) is 0 Å². The molecule has 0 aliphatic heterocycles. The molecule has 7 nitrogen and oxygen atoms in total. The normalized spacial score (nSPS) is 10.6. The summed E-state index contributed by atoms with van der Waals surface area (Å²) in [7, 11) is 1.62. The van der Waals surface area contributed by atoms with E-state index in [-0.39, 0.29) is 0 Å². The Morgan fingerprint density at radius 3 is 2.11 bits per heavy atom. The highest BCUT2D eigenvalue weighted by Crippen LogP contribution is 2.25. The third-order valence-corrected chi connectivity index (χ3v) is 5.64. The number of esters is 2. The molecular formula is C30H27NO6. The van der Waals surface area contributed by atoms with Crippen molar-refractivity contribution in [3.63, 3.8) is 0 Å². The molecule has 0 aromatic heterocycles. The van der Waals surface area contributed by atoms with Crippen LogP contribution in [0.2, 0.25) is 0 Å². The molecule has 0 amide bonds. The molecule has 4 aromatic rings. The first kappa shape index (κ1) is 25.6. The third-order valence-electron chi connectivity index (χ3n) is 5.64. The Morgan fingerprint density at radius 2 is 1.38 bits per heavy atom. The van der Waals surface area contributed by atoms with Gasteiger partial charge >= 0.3 is 11.9 Å². The Labute approximate surface area is 215 Å². The largest absolute Gasteiger partial charge is 0.493 e. The predicted molar refractivity (Wildman–Crippen MR) is 141 cm³/mol. The second kappa shape index (κ2) is 12.0. The summed E-state index contributed by atoms with van der Waals surface area (Å²) in [5.41, 5.74) is 2.28. The SMILES string of the molecule is COCCCOc1ccc(C(=O)Oc2ccc3cc(C(=O)Oc4ccc(C)cc4)ccc3c2)cc1C=N. The number of ether oxygens (including phenoxy) is 4. The van der Waals surface area contributed by atoms with E-state index in [0.29, 0.717) is 47.2 Å². The average Bonchev–Trinajstić information content (AvgIpc) is 2.92. The molecule has 0 aliphatic rings. The minimum absolute atomic E-state index is 0.303. The first-order valence-electron chi connectivity index (χ1n) is 11.8. The topological polar surface area (TPSA) is 94.9 Å². The molecule has 0 atom stereocenters. The number of fused-ring (bicyclic) bond motifs is 1. The van der Waals surface area contributed by atoms with Gasteiger partial charge in [-0.25, -0.2) is 9.59 Å². The van der Waals surface area contributed by atoms with E-state index in [1.165, 1.54) is 0 Å². The van der Waals surface area contributed by atoms with Crippen LogP contribution in [0.5, 0.6) is 17.2 Å². The number of hydrogen-bond acceptors (Lipinski definition) is 7. The fourth-order valence-electron chi connectivity index (χ4n) is 3.66. The van der Waals surface area contributed by atoms with Crippen molar-refractivity contribution < 1.29 is 28.5 Å². The highest BCUT2D eigenvalue weighted by atomic mass is 16.5. The van der Waals surface area contributed by atoms with Crippen molar-refractivity contribution in [3.05, 3.63) is 101 Å². The lowest BCUT2D eigenvalue weighted by Crippen LogP contribution is -2.10. The lowest BCUT2D eigenvalue weighted by Gasteiger charge is -2.11. The number of benzene rings is 4. The van der Waals surface area contributed by atoms with Gasteiger partial charge in [-0.2, -0.15) is 0 Å². The minimum Gasteiger partial charge on any atom is -0.493 e. The minimum atomic E-state index is -0.549. The molecule has 4 aromatic carbocycles. The van der Waals surface area contributed by atoms with E-state index in [1.54, 1.807) is 73.8 Å². The maximum atomic E-state index is 12.8. The lowest BCUT2D eigenvalue weighted by atomic mass is 10.1. The van der Waals surface area contributed by atoms with Gasteiger partial charge in [0.2, 0.25) is 0 Å². The van der Waals surface area contributed by atoms with Gasteiger partial charge in [-0.05, 0) is 72.3 Å². The van der Waals surface area contributed by atoms with Gasteiger partial charge in [0.05, 0.1) is 17.7 Å². The summed E-state index contributed by atoms with van der Waals surface area (Å²) in [5, 5.41) is 9.26. The van der Waals surface area contributed by atoms with Crippen molar-refractivity contribution >= 4 is 28.9 Å². The Morgan fingerprint density at radius 1 is 0.757 bits per heavy atom. The quantitative estimate of drug-likeness (QED) is 0.125. The lowest BCUT2D eigenvalue weighted by molar-refractivity contribution is 0.0725. The van der Waals surface area contributed by atoms with Crippen molar-refractivity contribution in [2.75, 3.05) is 20.3 Å². The van der Waals surface area contributed by atoms with Crippen LogP contribution < -0.4 is 14.2 Å². The Kier molecular flexibility index (Phi) is 8.28. The van der Waals surface area contributed by atoms with Gasteiger partial charge in [-0.3, -0.25) is 0 Å². The zero-order valence-electron chi connectivity index (χ0n) is 20.7. The summed E-state index contributed by atoms with van der Waals surface area (Å²) in [4.78, 5) is 25.3. The van der Waals surface area contributed by atoms with E-state index < -0.39 is 11.9 Å². The van der Waals surface area contributed by atoms with Crippen molar-refractivity contribution in [2.45, 2.75) is 13.3 Å². The number of methoxy groups -OCH3 is 1. The zero-order chi connectivity index (χ0) is 26.2. The molecule has 188 valence electrons. The average molecular weight is 498 g/mol. The first-order valence-corrected chi connectivity index (χ1v) is 11.8. The molecule has 0 fully saturated rings. The molecule has 0 heterocycles. The van der Waals surface area contributed by atoms with E-state index in [2.05, 4.69) is 0 Å². The van der Waals surface area contributed by atoms with Crippen molar-refractivity contribution in [3.8, 4) is 17.2 Å². The highest BCUT2D eigenvalue weighted by molar-refractivity contribution is 5.98. The molecule has 0 bridgehead atoms. The summed E-state index contributed by atoms with van der Waals surface area (Å²) in [6.45, 7) is 2.99. The number of aryl methyl sites for hydroxylation is 1. The van der Waals surface area contributed by atoms with Crippen LogP contribution in [0.4, 0.5) is 0 Å². The molecule has 1 N–H and O–H groups in total. The van der Waals surface area contributed by atoms with Crippen LogP contribution >= 0.6 is 0 Å². The van der Waals surface area contributed by atoms with E-state index in [1.807, 2.05) is 19.1 Å². The summed E-state index contributed by atoms with van der Waals surface area (Å²) in [6, 6.07) is 22.5. The van der Waals surface area contributed by atoms with Gasteiger partial charge in [0.15, 0.2) is 0 Å². The molecule has 0 saturated heterocycles. The third kappa shape index (κ3) is 6.59. The van der Waals surface area contributed by atoms with Gasteiger partial charge in [0, 0.05) is 31.9 Å². The summed E-state index contributed by atoms with van der Waals surface area (Å²) in [5.74, 6) is 0.365. The maximum Gasteiger partial charge on any atom is 0.343 e. The second-order valence-corrected chi connectivity index (χ2v) is 8.41. The Balaban J connectivity index is 1.44. The van der Waals surface area contributed by atoms with Crippen molar-refractivity contribution in [1.29, 1.82) is 5.41 Å². The summed E-state index contributed by atoms with van der Waals surface area (Å²) in [6.07, 6.45) is 1.86. The van der Waals surface area contributed by atoms with Crippen molar-refractivity contribution in [1.82, 2.24) is 0 Å².